The Hall–Kier alpha value is -2.17. The summed E-state index contributed by atoms with van der Waals surface area (Å²) in [5, 5.41) is 80.4. The predicted octanol–water partition coefficient (Wildman–Crippen LogP) is 4.46. The highest BCUT2D eigenvalue weighted by Gasteiger charge is 2.79. The number of Topliss-reactive ketones (excluding diaryl/α,β-unsaturated/α-hetero) is 1. The molecule has 4 heterocycles. The van der Waals surface area contributed by atoms with Crippen LogP contribution in [0.25, 0.3) is 0 Å². The molecular weight excluding hydrogens is 853 g/mol. The third-order valence-corrected chi connectivity index (χ3v) is 22.5. The number of hydrogen-bond acceptors (Lipinski definition) is 13. The molecule has 2 spiro atoms. The molecule has 7 fully saturated rings. The fourth-order valence-electron chi connectivity index (χ4n) is 18.6. The Morgan fingerprint density at radius 3 is 2.04 bits per heavy atom. The minimum Gasteiger partial charge on any atom is -0.393 e. The molecule has 0 bridgehead atoms. The molecule has 3 saturated heterocycles. The second kappa shape index (κ2) is 14.1. The average molecular weight is 929 g/mol. The normalized spacial score (nSPS) is 54.0. The summed E-state index contributed by atoms with van der Waals surface area (Å²) in [4.78, 5) is 26.0. The van der Waals surface area contributed by atoms with Crippen LogP contribution in [0.15, 0.2) is 23.3 Å². The summed E-state index contributed by atoms with van der Waals surface area (Å²) in [5.41, 5.74) is 0.875. The molecule has 13 heteroatoms. The fourth-order valence-corrected chi connectivity index (χ4v) is 18.6. The van der Waals surface area contributed by atoms with Crippen molar-refractivity contribution in [2.24, 2.45) is 74.9 Å². The maximum absolute atomic E-state index is 14.8. The maximum atomic E-state index is 14.8. The van der Waals surface area contributed by atoms with Crippen molar-refractivity contribution in [1.29, 1.82) is 0 Å². The van der Waals surface area contributed by atoms with E-state index in [9.17, 15) is 40.5 Å². The van der Waals surface area contributed by atoms with Crippen molar-refractivity contribution in [1.82, 2.24) is 9.97 Å². The van der Waals surface area contributed by atoms with Crippen molar-refractivity contribution < 1.29 is 54.8 Å². The number of aliphatic hydroxyl groups excluding tert-OH is 4. The Balaban J connectivity index is 0.794. The van der Waals surface area contributed by atoms with E-state index in [1.807, 2.05) is 20.8 Å². The summed E-state index contributed by atoms with van der Waals surface area (Å²) in [6.45, 7) is 15.3. The maximum Gasteiger partial charge on any atom is 0.201 e. The van der Waals surface area contributed by atoms with Crippen LogP contribution in [0.2, 0.25) is 0 Å². The first-order valence-electron chi connectivity index (χ1n) is 26.0. The molecule has 67 heavy (non-hydrogen) atoms. The predicted molar refractivity (Wildman–Crippen MR) is 243 cm³/mol. The zero-order valence-corrected chi connectivity index (χ0v) is 40.9. The van der Waals surface area contributed by atoms with Crippen LogP contribution >= 0.6 is 0 Å². The van der Waals surface area contributed by atoms with Gasteiger partial charge in [0.25, 0.3) is 0 Å². The van der Waals surface area contributed by atoms with E-state index in [2.05, 4.69) is 26.0 Å². The summed E-state index contributed by atoms with van der Waals surface area (Å²) in [7, 11) is 0. The quantitative estimate of drug-likeness (QED) is 0.208. The molecular formula is C54H76N2O11. The summed E-state index contributed by atoms with van der Waals surface area (Å²) < 4.78 is 19.3. The number of hydrogen-bond donors (Lipinski definition) is 7. The van der Waals surface area contributed by atoms with E-state index in [1.165, 1.54) is 5.57 Å². The number of rotatable bonds is 4. The number of allylic oxidation sites excluding steroid dienone is 1. The number of ether oxygens (including phenoxy) is 3. The number of aliphatic hydroxyl groups is 7. The highest BCUT2D eigenvalue weighted by Crippen LogP contribution is 2.72. The number of aromatic nitrogens is 2. The number of ketones is 1. The van der Waals surface area contributed by atoms with Crippen molar-refractivity contribution in [3.63, 3.8) is 0 Å². The second-order valence-electron chi connectivity index (χ2n) is 26.0. The van der Waals surface area contributed by atoms with Gasteiger partial charge in [0.2, 0.25) is 5.79 Å². The van der Waals surface area contributed by atoms with Crippen LogP contribution in [0.4, 0.5) is 0 Å². The standard InChI is InChI=1S/C54H76N2O11/c1-26-32-13-14-33-30-11-9-28-15-37-40(21-49(28,7)35(30)18-42(59)51(32,33)25-65-53(26,64)43(60)22-46(3,4)62)56-38-16-29-10-12-31-34(48(29,6)20-39(38)55-37)17-41(58)50(8)36(31)19-45-52(50,63)27(2)54(66-45)44(61)23-47(5,24-57)67-54/h14,19,26-32,34-35,41,43-45,57-58,60-64H,9-13,15-18,20-25H2,1-8H3/t26?,27?,28?,29?,30?,31?,32-,34?,35?,41-,43?,44-,45+,47+,48+,49+,50-,51-,52-,53+,54+/m0/s1. The van der Waals surface area contributed by atoms with Crippen LogP contribution in [0.5, 0.6) is 0 Å². The van der Waals surface area contributed by atoms with E-state index >= 15 is 0 Å². The molecule has 368 valence electrons. The Morgan fingerprint density at radius 2 is 1.45 bits per heavy atom. The minimum atomic E-state index is -1.85. The average Bonchev–Trinajstić information content (AvgIpc) is 3.92. The van der Waals surface area contributed by atoms with Crippen molar-refractivity contribution >= 4 is 5.78 Å². The first-order chi connectivity index (χ1) is 31.3. The van der Waals surface area contributed by atoms with Gasteiger partial charge in [-0.1, -0.05) is 57.9 Å². The molecule has 1 aromatic rings. The van der Waals surface area contributed by atoms with Gasteiger partial charge in [-0.25, -0.2) is 0 Å². The van der Waals surface area contributed by atoms with E-state index in [1.54, 1.807) is 20.8 Å². The SMILES string of the molecule is CC1[C@@H]2CC=C3C4CCC5Cc6nc7c(nc6C[C@@]5(C)C4CC(=O)[C@]32CO[C@@]1(O)C(O)CC(C)(C)O)CC1CCC2C3=C[C@H]4O[C@@]5(O[C@@](C)(CO)C[C@@H]5O)C(C)[C@@]4(O)[C@]3(C)[C@@H](O)CC2[C@]1(C)C7. The molecule has 11 aliphatic rings. The molecule has 0 radical (unpaired) electrons. The first kappa shape index (κ1) is 45.9. The molecule has 8 aliphatic carbocycles. The van der Waals surface area contributed by atoms with Crippen molar-refractivity contribution in [3.05, 3.63) is 46.1 Å². The van der Waals surface area contributed by atoms with Gasteiger partial charge in [-0.3, -0.25) is 14.8 Å². The zero-order valence-electron chi connectivity index (χ0n) is 40.9. The minimum absolute atomic E-state index is 0.0382. The Morgan fingerprint density at radius 1 is 0.836 bits per heavy atom. The van der Waals surface area contributed by atoms with E-state index in [0.29, 0.717) is 31.1 Å². The largest absolute Gasteiger partial charge is 0.393 e. The molecule has 7 N–H and O–H groups in total. The van der Waals surface area contributed by atoms with Crippen LogP contribution in [0, 0.1) is 74.9 Å². The van der Waals surface area contributed by atoms with E-state index in [-0.39, 0.29) is 72.3 Å². The lowest BCUT2D eigenvalue weighted by Crippen LogP contribution is -2.65. The lowest BCUT2D eigenvalue weighted by atomic mass is 9.44. The van der Waals surface area contributed by atoms with Crippen LogP contribution in [0.1, 0.15) is 136 Å². The Kier molecular flexibility index (Phi) is 9.65. The smallest absolute Gasteiger partial charge is 0.201 e. The van der Waals surface area contributed by atoms with Gasteiger partial charge in [0.05, 0.1) is 58.7 Å². The second-order valence-corrected chi connectivity index (χ2v) is 26.0. The molecule has 4 saturated carbocycles. The zero-order chi connectivity index (χ0) is 47.6. The van der Waals surface area contributed by atoms with Crippen molar-refractivity contribution in [3.8, 4) is 0 Å². The van der Waals surface area contributed by atoms with Crippen molar-refractivity contribution in [2.75, 3.05) is 13.2 Å². The van der Waals surface area contributed by atoms with Gasteiger partial charge in [-0.05, 0) is 137 Å². The van der Waals surface area contributed by atoms with Crippen molar-refractivity contribution in [2.45, 2.75) is 192 Å². The van der Waals surface area contributed by atoms with Crippen LogP contribution < -0.4 is 0 Å². The van der Waals surface area contributed by atoms with Crippen LogP contribution in [-0.4, -0.2) is 118 Å². The number of carbonyl (C=O) groups is 1. The van der Waals surface area contributed by atoms with Gasteiger partial charge >= 0.3 is 0 Å². The van der Waals surface area contributed by atoms with Gasteiger partial charge in [0, 0.05) is 36.5 Å². The van der Waals surface area contributed by atoms with Gasteiger partial charge in [0.1, 0.15) is 29.7 Å². The summed E-state index contributed by atoms with van der Waals surface area (Å²) in [6.07, 6.45) is 9.46. The molecule has 0 aromatic carbocycles. The van der Waals surface area contributed by atoms with Crippen LogP contribution in [0.3, 0.4) is 0 Å². The van der Waals surface area contributed by atoms with Gasteiger partial charge < -0.3 is 50.0 Å². The topological polar surface area (TPSA) is 212 Å². The molecule has 9 unspecified atom stereocenters. The lowest BCUT2D eigenvalue weighted by molar-refractivity contribution is -0.331. The molecule has 13 nitrogen and oxygen atoms in total. The first-order valence-corrected chi connectivity index (χ1v) is 26.0. The highest BCUT2D eigenvalue weighted by atomic mass is 16.7. The molecule has 21 atom stereocenters. The lowest BCUT2D eigenvalue weighted by Gasteiger charge is -2.61. The number of nitrogens with zero attached hydrogens (tertiary/aromatic N) is 2. The number of fused-ring (bicyclic) bond motifs is 13. The van der Waals surface area contributed by atoms with Crippen LogP contribution in [-0.2, 0) is 44.7 Å². The van der Waals surface area contributed by atoms with E-state index in [0.717, 1.165) is 79.7 Å². The third-order valence-electron chi connectivity index (χ3n) is 22.5. The van der Waals surface area contributed by atoms with Gasteiger partial charge in [0.15, 0.2) is 5.79 Å². The molecule has 3 aliphatic heterocycles. The Labute approximate surface area is 395 Å². The monoisotopic (exact) mass is 929 g/mol. The Bertz CT molecular complexity index is 2370. The summed E-state index contributed by atoms with van der Waals surface area (Å²) in [5.74, 6) is -3.04. The van der Waals surface area contributed by atoms with E-state index in [4.69, 9.17) is 24.2 Å². The summed E-state index contributed by atoms with van der Waals surface area (Å²) in [6, 6.07) is 0. The van der Waals surface area contributed by atoms with Gasteiger partial charge in [-0.2, -0.15) is 0 Å². The molecule has 1 aromatic heterocycles. The van der Waals surface area contributed by atoms with E-state index < -0.39 is 75.5 Å². The third kappa shape index (κ3) is 5.60. The fraction of sp³-hybridized carbons (Fsp3) is 0.833. The highest BCUT2D eigenvalue weighted by molar-refractivity contribution is 5.91. The molecule has 0 amide bonds. The number of carbonyl (C=O) groups excluding carboxylic acids is 1. The molecule has 12 rings (SSSR count). The van der Waals surface area contributed by atoms with Gasteiger partial charge in [-0.15, -0.1) is 0 Å². The summed E-state index contributed by atoms with van der Waals surface area (Å²) >= 11 is 0.